The number of likely N-dealkylation sites (tertiary alicyclic amines) is 1. The van der Waals surface area contributed by atoms with Gasteiger partial charge in [0.2, 0.25) is 0 Å². The van der Waals surface area contributed by atoms with E-state index in [9.17, 15) is 18.8 Å². The molecule has 1 heterocycles. The predicted molar refractivity (Wildman–Crippen MR) is 117 cm³/mol. The number of carbonyl (C=O) groups excluding carboxylic acids is 3. The zero-order valence-corrected chi connectivity index (χ0v) is 17.7. The highest BCUT2D eigenvalue weighted by atomic mass is 19.1. The zero-order valence-electron chi connectivity index (χ0n) is 17.7. The Kier molecular flexibility index (Phi) is 7.23. The van der Waals surface area contributed by atoms with Crippen LogP contribution in [0.25, 0.3) is 0 Å². The molecule has 0 spiro atoms. The first-order valence-electron chi connectivity index (χ1n) is 10.3. The highest BCUT2D eigenvalue weighted by molar-refractivity contribution is 6.39. The number of hydrogen-bond donors (Lipinski definition) is 2. The van der Waals surface area contributed by atoms with Crippen LogP contribution < -0.4 is 15.5 Å². The zero-order chi connectivity index (χ0) is 22.4. The molecule has 8 heteroatoms. The molecule has 7 nitrogen and oxygen atoms in total. The van der Waals surface area contributed by atoms with E-state index in [1.807, 2.05) is 31.1 Å². The van der Waals surface area contributed by atoms with Gasteiger partial charge in [0.25, 0.3) is 5.91 Å². The van der Waals surface area contributed by atoms with Crippen LogP contribution in [0.4, 0.5) is 15.8 Å². The maximum Gasteiger partial charge on any atom is 0.313 e. The number of rotatable bonds is 5. The number of anilines is 2. The molecule has 3 amide bonds. The first-order chi connectivity index (χ1) is 14.8. The molecule has 164 valence electrons. The van der Waals surface area contributed by atoms with Gasteiger partial charge in [-0.2, -0.15) is 0 Å². The summed E-state index contributed by atoms with van der Waals surface area (Å²) in [4.78, 5) is 40.3. The second-order valence-corrected chi connectivity index (χ2v) is 7.82. The fourth-order valence-electron chi connectivity index (χ4n) is 3.49. The highest BCUT2D eigenvalue weighted by Crippen LogP contribution is 2.20. The molecule has 0 unspecified atom stereocenters. The molecule has 0 radical (unpaired) electrons. The summed E-state index contributed by atoms with van der Waals surface area (Å²) in [6.45, 7) is 1.32. The Bertz CT molecular complexity index is 938. The van der Waals surface area contributed by atoms with E-state index in [1.54, 1.807) is 29.2 Å². The van der Waals surface area contributed by atoms with E-state index in [0.717, 1.165) is 5.69 Å². The van der Waals surface area contributed by atoms with Crippen molar-refractivity contribution in [3.8, 4) is 0 Å². The summed E-state index contributed by atoms with van der Waals surface area (Å²) in [5.74, 6) is -2.10. The van der Waals surface area contributed by atoms with E-state index < -0.39 is 17.6 Å². The maximum absolute atomic E-state index is 13.8. The van der Waals surface area contributed by atoms with Gasteiger partial charge in [0.15, 0.2) is 0 Å². The molecule has 3 rings (SSSR count). The van der Waals surface area contributed by atoms with Crippen molar-refractivity contribution in [2.75, 3.05) is 43.9 Å². The van der Waals surface area contributed by atoms with Crippen LogP contribution in [0.5, 0.6) is 0 Å². The first kappa shape index (κ1) is 22.3. The van der Waals surface area contributed by atoms with Gasteiger partial charge in [-0.1, -0.05) is 12.1 Å². The van der Waals surface area contributed by atoms with Gasteiger partial charge in [-0.15, -0.1) is 0 Å². The van der Waals surface area contributed by atoms with Crippen molar-refractivity contribution in [1.82, 2.24) is 10.2 Å². The van der Waals surface area contributed by atoms with Gasteiger partial charge in [0, 0.05) is 45.1 Å². The predicted octanol–water partition coefficient (Wildman–Crippen LogP) is 2.50. The SMILES string of the molecule is CN(C)c1ccc(NC(=O)C(=O)NCC2CCN(C(=O)c3ccccc3F)CC2)cc1. The maximum atomic E-state index is 13.8. The van der Waals surface area contributed by atoms with Gasteiger partial charge < -0.3 is 20.4 Å². The van der Waals surface area contributed by atoms with Gasteiger partial charge in [-0.05, 0) is 55.2 Å². The Hall–Kier alpha value is -3.42. The molecule has 0 aliphatic carbocycles. The van der Waals surface area contributed by atoms with Gasteiger partial charge in [-0.25, -0.2) is 4.39 Å². The second kappa shape index (κ2) is 10.1. The highest BCUT2D eigenvalue weighted by Gasteiger charge is 2.26. The van der Waals surface area contributed by atoms with Crippen molar-refractivity contribution >= 4 is 29.1 Å². The second-order valence-electron chi connectivity index (χ2n) is 7.82. The first-order valence-corrected chi connectivity index (χ1v) is 10.3. The van der Waals surface area contributed by atoms with Crippen LogP contribution in [-0.4, -0.2) is 56.4 Å². The lowest BCUT2D eigenvalue weighted by atomic mass is 9.96. The Labute approximate surface area is 181 Å². The van der Waals surface area contributed by atoms with E-state index in [4.69, 9.17) is 0 Å². The Morgan fingerprint density at radius 2 is 1.65 bits per heavy atom. The number of amides is 3. The molecule has 0 aromatic heterocycles. The van der Waals surface area contributed by atoms with E-state index in [1.165, 1.54) is 12.1 Å². The summed E-state index contributed by atoms with van der Waals surface area (Å²) in [5.41, 5.74) is 1.61. The van der Waals surface area contributed by atoms with E-state index in [2.05, 4.69) is 10.6 Å². The Morgan fingerprint density at radius 1 is 1.00 bits per heavy atom. The van der Waals surface area contributed by atoms with Crippen molar-refractivity contribution < 1.29 is 18.8 Å². The van der Waals surface area contributed by atoms with Crippen LogP contribution in [0.1, 0.15) is 23.2 Å². The fourth-order valence-corrected chi connectivity index (χ4v) is 3.49. The number of carbonyl (C=O) groups is 3. The standard InChI is InChI=1S/C23H27FN4O3/c1-27(2)18-9-7-17(8-10-18)26-22(30)21(29)25-15-16-11-13-28(14-12-16)23(31)19-5-3-4-6-20(19)24/h3-10,16H,11-15H2,1-2H3,(H,25,29)(H,26,30). The number of hydrogen-bond acceptors (Lipinski definition) is 4. The number of benzene rings is 2. The average Bonchev–Trinajstić information content (AvgIpc) is 2.78. The van der Waals surface area contributed by atoms with E-state index in [-0.39, 0.29) is 17.4 Å². The number of piperidine rings is 1. The summed E-state index contributed by atoms with van der Waals surface area (Å²) in [6, 6.07) is 13.1. The summed E-state index contributed by atoms with van der Waals surface area (Å²) >= 11 is 0. The van der Waals surface area contributed by atoms with Crippen LogP contribution in [-0.2, 0) is 9.59 Å². The minimum absolute atomic E-state index is 0.0736. The molecule has 2 N–H and O–H groups in total. The van der Waals surface area contributed by atoms with Crippen molar-refractivity contribution in [2.24, 2.45) is 5.92 Å². The third kappa shape index (κ3) is 5.81. The molecule has 2 aromatic carbocycles. The van der Waals surface area contributed by atoms with Crippen molar-refractivity contribution in [3.63, 3.8) is 0 Å². The lowest BCUT2D eigenvalue weighted by Gasteiger charge is -2.32. The summed E-state index contributed by atoms with van der Waals surface area (Å²) < 4.78 is 13.8. The molecule has 2 aromatic rings. The molecule has 0 bridgehead atoms. The Morgan fingerprint density at radius 3 is 2.26 bits per heavy atom. The smallest absolute Gasteiger partial charge is 0.313 e. The lowest BCUT2D eigenvalue weighted by Crippen LogP contribution is -2.43. The molecule has 1 fully saturated rings. The average molecular weight is 426 g/mol. The van der Waals surface area contributed by atoms with Crippen LogP contribution in [0.15, 0.2) is 48.5 Å². The van der Waals surface area contributed by atoms with E-state index >= 15 is 0 Å². The fraction of sp³-hybridized carbons (Fsp3) is 0.348. The van der Waals surface area contributed by atoms with Gasteiger partial charge in [0.1, 0.15) is 5.82 Å². The van der Waals surface area contributed by atoms with Crippen LogP contribution >= 0.6 is 0 Å². The van der Waals surface area contributed by atoms with Crippen LogP contribution in [0, 0.1) is 11.7 Å². The van der Waals surface area contributed by atoms with Crippen molar-refractivity contribution in [3.05, 3.63) is 59.9 Å². The topological polar surface area (TPSA) is 81.8 Å². The molecule has 0 saturated carbocycles. The molecule has 1 aliphatic heterocycles. The van der Waals surface area contributed by atoms with Gasteiger partial charge in [-0.3, -0.25) is 14.4 Å². The van der Waals surface area contributed by atoms with Crippen molar-refractivity contribution in [1.29, 1.82) is 0 Å². The lowest BCUT2D eigenvalue weighted by molar-refractivity contribution is -0.136. The van der Waals surface area contributed by atoms with Crippen molar-refractivity contribution in [2.45, 2.75) is 12.8 Å². The summed E-state index contributed by atoms with van der Waals surface area (Å²) in [7, 11) is 3.84. The molecular formula is C23H27FN4O3. The molecule has 1 aliphatic rings. The largest absolute Gasteiger partial charge is 0.378 e. The number of nitrogens with one attached hydrogen (secondary N) is 2. The molecule has 31 heavy (non-hydrogen) atoms. The number of halogens is 1. The third-order valence-corrected chi connectivity index (χ3v) is 5.41. The summed E-state index contributed by atoms with van der Waals surface area (Å²) in [5, 5.41) is 5.25. The quantitative estimate of drug-likeness (QED) is 0.720. The van der Waals surface area contributed by atoms with E-state index in [0.29, 0.717) is 38.2 Å². The Balaban J connectivity index is 1.42. The number of nitrogens with zero attached hydrogens (tertiary/aromatic N) is 2. The normalized spacial score (nSPS) is 14.1. The minimum Gasteiger partial charge on any atom is -0.378 e. The molecule has 1 saturated heterocycles. The monoisotopic (exact) mass is 426 g/mol. The summed E-state index contributed by atoms with van der Waals surface area (Å²) in [6.07, 6.45) is 1.35. The third-order valence-electron chi connectivity index (χ3n) is 5.41. The van der Waals surface area contributed by atoms with Crippen LogP contribution in [0.2, 0.25) is 0 Å². The van der Waals surface area contributed by atoms with Gasteiger partial charge in [0.05, 0.1) is 5.56 Å². The molecule has 0 atom stereocenters. The minimum atomic E-state index is -0.718. The van der Waals surface area contributed by atoms with Crippen LogP contribution in [0.3, 0.4) is 0 Å². The van der Waals surface area contributed by atoms with Gasteiger partial charge >= 0.3 is 11.8 Å². The molecular weight excluding hydrogens is 399 g/mol.